The largest absolute Gasteiger partial charge is 0.395 e. The highest BCUT2D eigenvalue weighted by Gasteiger charge is 2.16. The van der Waals surface area contributed by atoms with Crippen LogP contribution in [0, 0.1) is 0 Å². The van der Waals surface area contributed by atoms with Crippen molar-refractivity contribution in [2.24, 2.45) is 7.05 Å². The molecule has 10 nitrogen and oxygen atoms in total. The summed E-state index contributed by atoms with van der Waals surface area (Å²) in [5.41, 5.74) is 2.27. The first-order chi connectivity index (χ1) is 14.6. The first kappa shape index (κ1) is 19.9. The average Bonchev–Trinajstić information content (AvgIpc) is 3.24. The van der Waals surface area contributed by atoms with Crippen molar-refractivity contribution in [2.75, 3.05) is 44.4 Å². The van der Waals surface area contributed by atoms with E-state index in [0.717, 1.165) is 24.5 Å². The number of hydrogen-bond donors (Lipinski definition) is 2. The third-order valence-corrected chi connectivity index (χ3v) is 4.70. The monoisotopic (exact) mass is 409 g/mol. The van der Waals surface area contributed by atoms with Gasteiger partial charge in [-0.15, -0.1) is 0 Å². The first-order valence-electron chi connectivity index (χ1n) is 9.70. The van der Waals surface area contributed by atoms with Crippen molar-refractivity contribution in [2.45, 2.75) is 0 Å². The molecule has 0 saturated carbocycles. The van der Waals surface area contributed by atoms with Crippen LogP contribution < -0.4 is 10.2 Å². The highest BCUT2D eigenvalue weighted by molar-refractivity contribution is 5.93. The minimum absolute atomic E-state index is 0.147. The Morgan fingerprint density at radius 1 is 1.20 bits per heavy atom. The summed E-state index contributed by atoms with van der Waals surface area (Å²) in [6.07, 6.45) is 5.18. The molecular weight excluding hydrogens is 386 g/mol. The van der Waals surface area contributed by atoms with E-state index < -0.39 is 0 Å². The number of nitrogens with zero attached hydrogens (tertiary/aromatic N) is 6. The van der Waals surface area contributed by atoms with E-state index >= 15 is 0 Å². The molecule has 1 fully saturated rings. The summed E-state index contributed by atoms with van der Waals surface area (Å²) in [5.74, 6) is 0.896. The number of amides is 1. The molecule has 30 heavy (non-hydrogen) atoms. The number of aliphatic hydroxyl groups is 1. The Morgan fingerprint density at radius 2 is 2.03 bits per heavy atom. The van der Waals surface area contributed by atoms with E-state index in [1.165, 1.54) is 0 Å². The molecule has 0 aromatic carbocycles. The maximum Gasteiger partial charge on any atom is 0.270 e. The fourth-order valence-electron chi connectivity index (χ4n) is 3.15. The molecule has 1 aliphatic rings. The molecule has 0 aliphatic carbocycles. The molecule has 156 valence electrons. The smallest absolute Gasteiger partial charge is 0.270 e. The highest BCUT2D eigenvalue weighted by atomic mass is 16.5. The number of anilines is 1. The Bertz CT molecular complexity index is 1010. The van der Waals surface area contributed by atoms with Crippen LogP contribution in [0.1, 0.15) is 10.5 Å². The second-order valence-electron chi connectivity index (χ2n) is 6.85. The van der Waals surface area contributed by atoms with Gasteiger partial charge in [0.1, 0.15) is 11.5 Å². The maximum absolute atomic E-state index is 12.5. The van der Waals surface area contributed by atoms with Gasteiger partial charge in [0.25, 0.3) is 5.91 Å². The number of morpholine rings is 1. The number of pyridine rings is 1. The number of ether oxygens (including phenoxy) is 1. The topological polar surface area (TPSA) is 118 Å². The third-order valence-electron chi connectivity index (χ3n) is 4.70. The number of carbonyl (C=O) groups is 1. The van der Waals surface area contributed by atoms with Gasteiger partial charge in [-0.25, -0.2) is 15.0 Å². The lowest BCUT2D eigenvalue weighted by Gasteiger charge is -2.27. The third kappa shape index (κ3) is 4.44. The molecule has 0 unspecified atom stereocenters. The van der Waals surface area contributed by atoms with E-state index in [0.29, 0.717) is 30.3 Å². The van der Waals surface area contributed by atoms with Crippen molar-refractivity contribution in [3.8, 4) is 22.6 Å². The second-order valence-corrected chi connectivity index (χ2v) is 6.85. The maximum atomic E-state index is 12.5. The molecule has 4 heterocycles. The van der Waals surface area contributed by atoms with Crippen molar-refractivity contribution >= 4 is 11.7 Å². The van der Waals surface area contributed by atoms with E-state index in [1.54, 1.807) is 36.4 Å². The molecule has 0 atom stereocenters. The molecule has 1 amide bonds. The summed E-state index contributed by atoms with van der Waals surface area (Å²) < 4.78 is 7.04. The van der Waals surface area contributed by atoms with Gasteiger partial charge in [0.2, 0.25) is 0 Å². The molecule has 10 heteroatoms. The molecule has 3 aromatic heterocycles. The van der Waals surface area contributed by atoms with Crippen LogP contribution in [0.15, 0.2) is 36.8 Å². The Kier molecular flexibility index (Phi) is 5.96. The molecule has 0 radical (unpaired) electrons. The van der Waals surface area contributed by atoms with Crippen LogP contribution in [-0.2, 0) is 11.8 Å². The highest BCUT2D eigenvalue weighted by Crippen LogP contribution is 2.24. The van der Waals surface area contributed by atoms with Gasteiger partial charge in [0.15, 0.2) is 5.82 Å². The molecule has 4 rings (SSSR count). The molecule has 0 bridgehead atoms. The minimum Gasteiger partial charge on any atom is -0.395 e. The van der Waals surface area contributed by atoms with Gasteiger partial charge in [-0.3, -0.25) is 9.48 Å². The Hall–Kier alpha value is -3.37. The van der Waals surface area contributed by atoms with Crippen molar-refractivity contribution in [3.63, 3.8) is 0 Å². The van der Waals surface area contributed by atoms with Gasteiger partial charge in [-0.2, -0.15) is 5.10 Å². The average molecular weight is 409 g/mol. The summed E-state index contributed by atoms with van der Waals surface area (Å²) in [6.45, 7) is 2.99. The van der Waals surface area contributed by atoms with Crippen LogP contribution in [0.4, 0.5) is 5.82 Å². The van der Waals surface area contributed by atoms with Crippen molar-refractivity contribution in [1.82, 2.24) is 30.0 Å². The number of aliphatic hydroxyl groups excluding tert-OH is 1. The fraction of sp³-hybridized carbons (Fsp3) is 0.350. The van der Waals surface area contributed by atoms with Crippen LogP contribution in [-0.4, -0.2) is 75.2 Å². The lowest BCUT2D eigenvalue weighted by Crippen LogP contribution is -2.36. The van der Waals surface area contributed by atoms with Gasteiger partial charge in [-0.1, -0.05) is 0 Å². The van der Waals surface area contributed by atoms with Gasteiger partial charge in [0.05, 0.1) is 37.3 Å². The van der Waals surface area contributed by atoms with Crippen molar-refractivity contribution in [1.29, 1.82) is 0 Å². The predicted molar refractivity (Wildman–Crippen MR) is 110 cm³/mol. The van der Waals surface area contributed by atoms with E-state index in [-0.39, 0.29) is 24.8 Å². The Labute approximate surface area is 173 Å². The van der Waals surface area contributed by atoms with Gasteiger partial charge in [-0.05, 0) is 18.2 Å². The van der Waals surface area contributed by atoms with Crippen LogP contribution >= 0.6 is 0 Å². The molecule has 1 aliphatic heterocycles. The van der Waals surface area contributed by atoms with E-state index in [2.05, 4.69) is 30.3 Å². The molecule has 0 spiro atoms. The van der Waals surface area contributed by atoms with Crippen LogP contribution in [0.2, 0.25) is 0 Å². The summed E-state index contributed by atoms with van der Waals surface area (Å²) in [5, 5.41) is 15.8. The van der Waals surface area contributed by atoms with Crippen LogP contribution in [0.3, 0.4) is 0 Å². The number of aryl methyl sites for hydroxylation is 1. The van der Waals surface area contributed by atoms with E-state index in [1.807, 2.05) is 12.1 Å². The summed E-state index contributed by atoms with van der Waals surface area (Å²) >= 11 is 0. The Balaban J connectivity index is 1.68. The van der Waals surface area contributed by atoms with Gasteiger partial charge >= 0.3 is 0 Å². The molecule has 2 N–H and O–H groups in total. The molecule has 1 saturated heterocycles. The van der Waals surface area contributed by atoms with Gasteiger partial charge < -0.3 is 20.1 Å². The minimum atomic E-state index is -0.379. The zero-order valence-corrected chi connectivity index (χ0v) is 16.7. The van der Waals surface area contributed by atoms with Crippen molar-refractivity contribution in [3.05, 3.63) is 42.5 Å². The summed E-state index contributed by atoms with van der Waals surface area (Å²) in [6, 6.07) is 5.50. The van der Waals surface area contributed by atoms with E-state index in [4.69, 9.17) is 9.84 Å². The lowest BCUT2D eigenvalue weighted by atomic mass is 10.1. The quantitative estimate of drug-likeness (QED) is 0.604. The second kappa shape index (κ2) is 8.97. The SMILES string of the molecule is Cn1cc(-c2nc(C(=O)NCCO)cc(-c3ccc(N4CCOCC4)nc3)n2)cn1. The summed E-state index contributed by atoms with van der Waals surface area (Å²) in [4.78, 5) is 28.2. The lowest BCUT2D eigenvalue weighted by molar-refractivity contribution is 0.0939. The normalized spacial score (nSPS) is 14.0. The zero-order chi connectivity index (χ0) is 20.9. The Morgan fingerprint density at radius 3 is 2.70 bits per heavy atom. The molecular formula is C20H23N7O3. The number of hydrogen-bond acceptors (Lipinski definition) is 8. The van der Waals surface area contributed by atoms with Crippen LogP contribution in [0.5, 0.6) is 0 Å². The van der Waals surface area contributed by atoms with Crippen LogP contribution in [0.25, 0.3) is 22.6 Å². The number of rotatable bonds is 6. The zero-order valence-electron chi connectivity index (χ0n) is 16.7. The number of nitrogens with one attached hydrogen (secondary N) is 1. The van der Waals surface area contributed by atoms with Crippen molar-refractivity contribution < 1.29 is 14.6 Å². The number of carbonyl (C=O) groups excluding carboxylic acids is 1. The first-order valence-corrected chi connectivity index (χ1v) is 9.70. The fourth-order valence-corrected chi connectivity index (χ4v) is 3.15. The predicted octanol–water partition coefficient (Wildman–Crippen LogP) is 0.498. The molecule has 3 aromatic rings. The van der Waals surface area contributed by atoms with E-state index in [9.17, 15) is 4.79 Å². The number of aromatic nitrogens is 5. The summed E-state index contributed by atoms with van der Waals surface area (Å²) in [7, 11) is 1.80. The van der Waals surface area contributed by atoms with Gasteiger partial charge in [0, 0.05) is 44.6 Å². The standard InChI is InChI=1S/C20H23N7O3/c1-26-13-15(12-23-26)19-24-16(10-17(25-19)20(29)21-4-7-28)14-2-3-18(22-11-14)27-5-8-30-9-6-27/h2-3,10-13,28H,4-9H2,1H3,(H,21,29).